The van der Waals surface area contributed by atoms with Crippen molar-refractivity contribution in [3.8, 4) is 0 Å². The van der Waals surface area contributed by atoms with E-state index in [1.54, 1.807) is 23.7 Å². The first-order valence-electron chi connectivity index (χ1n) is 12.4. The first-order chi connectivity index (χ1) is 16.0. The summed E-state index contributed by atoms with van der Waals surface area (Å²) in [5.41, 5.74) is 0. The van der Waals surface area contributed by atoms with Crippen molar-refractivity contribution in [1.29, 1.82) is 0 Å². The van der Waals surface area contributed by atoms with Gasteiger partial charge in [0.05, 0.1) is 29.8 Å². The lowest BCUT2D eigenvalue weighted by Gasteiger charge is -2.34. The predicted octanol–water partition coefficient (Wildman–Crippen LogP) is -0.175. The lowest BCUT2D eigenvalue weighted by molar-refractivity contribution is -0.140. The Hall–Kier alpha value is -1.36. The zero-order chi connectivity index (χ0) is 23.4. The average Bonchev–Trinajstić information content (AvgIpc) is 3.46. The summed E-state index contributed by atoms with van der Waals surface area (Å²) in [7, 11) is 1.62. The molecule has 9 nitrogen and oxygen atoms in total. The smallest absolute Gasteiger partial charge is 0.244 e. The SMILES string of the molecule is CNC(=O)[C@@H]1[C@@H]2CCC3(S2)C(C(=O)NCCN2CCOCC2)N(CCCCCCO)C(=O)[C@H]13. The van der Waals surface area contributed by atoms with Crippen molar-refractivity contribution >= 4 is 29.5 Å². The van der Waals surface area contributed by atoms with Crippen molar-refractivity contribution in [2.24, 2.45) is 11.8 Å². The summed E-state index contributed by atoms with van der Waals surface area (Å²) in [5.74, 6) is -0.976. The molecule has 0 saturated carbocycles. The third kappa shape index (κ3) is 4.76. The van der Waals surface area contributed by atoms with E-state index in [1.807, 2.05) is 0 Å². The second-order valence-corrected chi connectivity index (χ2v) is 11.2. The van der Waals surface area contributed by atoms with E-state index < -0.39 is 16.7 Å². The number of carbonyl (C=O) groups excluding carboxylic acids is 3. The summed E-state index contributed by atoms with van der Waals surface area (Å²) in [6.07, 6.45) is 5.03. The second-order valence-electron chi connectivity index (χ2n) is 9.58. The minimum atomic E-state index is -0.526. The number of likely N-dealkylation sites (tertiary alicyclic amines) is 1. The van der Waals surface area contributed by atoms with Gasteiger partial charge in [0.1, 0.15) is 6.04 Å². The Bertz CT molecular complexity index is 734. The number of aliphatic hydroxyl groups excluding tert-OH is 1. The molecule has 33 heavy (non-hydrogen) atoms. The highest BCUT2D eigenvalue weighted by atomic mass is 32.2. The van der Waals surface area contributed by atoms with Gasteiger partial charge >= 0.3 is 0 Å². The van der Waals surface area contributed by atoms with Gasteiger partial charge in [-0.25, -0.2) is 0 Å². The topological polar surface area (TPSA) is 111 Å². The zero-order valence-electron chi connectivity index (χ0n) is 19.6. The van der Waals surface area contributed by atoms with Gasteiger partial charge in [-0.05, 0) is 25.7 Å². The molecule has 0 aromatic heterocycles. The third-order valence-corrected chi connectivity index (χ3v) is 9.69. The van der Waals surface area contributed by atoms with Gasteiger partial charge in [0, 0.05) is 51.6 Å². The molecule has 4 heterocycles. The molecule has 4 rings (SSSR count). The molecule has 2 unspecified atom stereocenters. The maximum Gasteiger partial charge on any atom is 0.244 e. The fraction of sp³-hybridized carbons (Fsp3) is 0.870. The van der Waals surface area contributed by atoms with E-state index >= 15 is 0 Å². The number of unbranched alkanes of at least 4 members (excludes halogenated alkanes) is 3. The molecule has 4 fully saturated rings. The Morgan fingerprint density at radius 3 is 2.64 bits per heavy atom. The van der Waals surface area contributed by atoms with E-state index in [9.17, 15) is 14.4 Å². The van der Waals surface area contributed by atoms with Gasteiger partial charge in [0.25, 0.3) is 0 Å². The summed E-state index contributed by atoms with van der Waals surface area (Å²) in [5, 5.41) is 15.0. The van der Waals surface area contributed by atoms with Crippen LogP contribution in [0.4, 0.5) is 0 Å². The van der Waals surface area contributed by atoms with Crippen molar-refractivity contribution in [3.63, 3.8) is 0 Å². The Balaban J connectivity index is 1.47. The van der Waals surface area contributed by atoms with Crippen molar-refractivity contribution in [2.75, 3.05) is 59.6 Å². The van der Waals surface area contributed by atoms with Crippen LogP contribution in [0, 0.1) is 11.8 Å². The molecule has 4 saturated heterocycles. The molecule has 0 radical (unpaired) electrons. The molecule has 3 amide bonds. The second kappa shape index (κ2) is 10.9. The average molecular weight is 483 g/mol. The molecular weight excluding hydrogens is 444 g/mol. The lowest BCUT2D eigenvalue weighted by atomic mass is 9.71. The number of nitrogens with one attached hydrogen (secondary N) is 2. The number of hydrogen-bond acceptors (Lipinski definition) is 7. The van der Waals surface area contributed by atoms with E-state index in [0.717, 1.165) is 71.4 Å². The summed E-state index contributed by atoms with van der Waals surface area (Å²) in [6, 6.07) is -0.526. The number of thioether (sulfide) groups is 1. The largest absolute Gasteiger partial charge is 0.396 e. The maximum atomic E-state index is 13.6. The third-order valence-electron chi connectivity index (χ3n) is 7.74. The van der Waals surface area contributed by atoms with Gasteiger partial charge in [-0.3, -0.25) is 19.3 Å². The van der Waals surface area contributed by atoms with Crippen LogP contribution in [0.15, 0.2) is 0 Å². The molecule has 10 heteroatoms. The van der Waals surface area contributed by atoms with Gasteiger partial charge in [0.2, 0.25) is 17.7 Å². The first kappa shape index (κ1) is 24.8. The van der Waals surface area contributed by atoms with Gasteiger partial charge in [-0.2, -0.15) is 0 Å². The Morgan fingerprint density at radius 2 is 1.91 bits per heavy atom. The molecular formula is C23H38N4O5S. The lowest BCUT2D eigenvalue weighted by Crippen LogP contribution is -2.54. The predicted molar refractivity (Wildman–Crippen MR) is 126 cm³/mol. The number of rotatable bonds is 11. The fourth-order valence-corrected chi connectivity index (χ4v) is 8.39. The molecule has 0 aromatic rings. The highest BCUT2D eigenvalue weighted by Gasteiger charge is 2.73. The van der Waals surface area contributed by atoms with E-state index in [0.29, 0.717) is 13.1 Å². The Labute approximate surface area is 200 Å². The molecule has 0 aliphatic carbocycles. The van der Waals surface area contributed by atoms with Gasteiger partial charge in [-0.1, -0.05) is 12.8 Å². The normalized spacial score (nSPS) is 33.4. The van der Waals surface area contributed by atoms with Crippen LogP contribution in [0.5, 0.6) is 0 Å². The fourth-order valence-electron chi connectivity index (χ4n) is 6.17. The molecule has 5 atom stereocenters. The van der Waals surface area contributed by atoms with E-state index in [-0.39, 0.29) is 35.5 Å². The van der Waals surface area contributed by atoms with Gasteiger partial charge in [0.15, 0.2) is 0 Å². The summed E-state index contributed by atoms with van der Waals surface area (Å²) in [4.78, 5) is 44.0. The summed E-state index contributed by atoms with van der Waals surface area (Å²) < 4.78 is 4.89. The molecule has 4 aliphatic rings. The van der Waals surface area contributed by atoms with E-state index in [2.05, 4.69) is 15.5 Å². The van der Waals surface area contributed by atoms with Crippen LogP contribution >= 0.6 is 11.8 Å². The zero-order valence-corrected chi connectivity index (χ0v) is 20.4. The van der Waals surface area contributed by atoms with E-state index in [1.165, 1.54) is 0 Å². The van der Waals surface area contributed by atoms with Crippen molar-refractivity contribution in [1.82, 2.24) is 20.4 Å². The van der Waals surface area contributed by atoms with Crippen LogP contribution < -0.4 is 10.6 Å². The van der Waals surface area contributed by atoms with Crippen LogP contribution in [0.25, 0.3) is 0 Å². The highest BCUT2D eigenvalue weighted by molar-refractivity contribution is 8.02. The van der Waals surface area contributed by atoms with Crippen LogP contribution in [0.3, 0.4) is 0 Å². The number of aliphatic hydroxyl groups is 1. The first-order valence-corrected chi connectivity index (χ1v) is 13.3. The quantitative estimate of drug-likeness (QED) is 0.351. The van der Waals surface area contributed by atoms with Crippen molar-refractivity contribution in [3.05, 3.63) is 0 Å². The number of carbonyl (C=O) groups is 3. The maximum absolute atomic E-state index is 13.6. The number of amides is 3. The minimum absolute atomic E-state index is 0.0335. The van der Waals surface area contributed by atoms with E-state index in [4.69, 9.17) is 9.84 Å². The Kier molecular flexibility index (Phi) is 8.19. The van der Waals surface area contributed by atoms with Crippen LogP contribution in [-0.2, 0) is 19.1 Å². The number of fused-ring (bicyclic) bond motifs is 1. The van der Waals surface area contributed by atoms with Crippen molar-refractivity contribution in [2.45, 2.75) is 54.6 Å². The summed E-state index contributed by atoms with van der Waals surface area (Å²) >= 11 is 1.71. The molecule has 1 spiro atoms. The van der Waals surface area contributed by atoms with Crippen LogP contribution in [0.1, 0.15) is 38.5 Å². The molecule has 186 valence electrons. The van der Waals surface area contributed by atoms with Crippen LogP contribution in [0.2, 0.25) is 0 Å². The van der Waals surface area contributed by atoms with Gasteiger partial charge < -0.3 is 25.4 Å². The molecule has 0 aromatic carbocycles. The number of nitrogens with zero attached hydrogens (tertiary/aromatic N) is 2. The number of morpholine rings is 1. The van der Waals surface area contributed by atoms with Crippen LogP contribution in [-0.4, -0.2) is 108 Å². The molecule has 3 N–H and O–H groups in total. The van der Waals surface area contributed by atoms with Crippen molar-refractivity contribution < 1.29 is 24.2 Å². The standard InChI is InChI=1S/C23H38N4O5S/c1-24-20(29)17-16-6-7-23(33-16)18(17)22(31)27(9-4-2-3-5-13-28)19(23)21(30)25-8-10-26-11-14-32-15-12-26/h16-19,28H,2-15H2,1H3,(H,24,29)(H,25,30)/t16-,17+,18-,19?,23?/m0/s1. The highest BCUT2D eigenvalue weighted by Crippen LogP contribution is 2.66. The number of hydrogen-bond donors (Lipinski definition) is 3. The minimum Gasteiger partial charge on any atom is -0.396 e. The Morgan fingerprint density at radius 1 is 1.15 bits per heavy atom. The number of ether oxygens (including phenoxy) is 1. The van der Waals surface area contributed by atoms with Gasteiger partial charge in [-0.15, -0.1) is 11.8 Å². The monoisotopic (exact) mass is 482 g/mol. The molecule has 4 aliphatic heterocycles. The molecule has 2 bridgehead atoms. The summed E-state index contributed by atoms with van der Waals surface area (Å²) in [6.45, 7) is 5.19.